The number of hydrogen-bond donors (Lipinski definition) is 1. The minimum atomic E-state index is -4.41. The number of halogens is 4. The van der Waals surface area contributed by atoms with Gasteiger partial charge in [0.2, 0.25) is 11.8 Å². The van der Waals surface area contributed by atoms with Crippen LogP contribution in [-0.4, -0.2) is 36.0 Å². The summed E-state index contributed by atoms with van der Waals surface area (Å²) in [5, 5.41) is 4.19. The van der Waals surface area contributed by atoms with Gasteiger partial charge in [0.05, 0.1) is 33.6 Å². The predicted molar refractivity (Wildman–Crippen MR) is 98.7 cm³/mol. The summed E-state index contributed by atoms with van der Waals surface area (Å²) in [4.78, 5) is 3.42. The van der Waals surface area contributed by atoms with E-state index in [0.717, 1.165) is 6.20 Å². The number of alkyl halides is 2. The van der Waals surface area contributed by atoms with Gasteiger partial charge in [0.1, 0.15) is 16.4 Å². The molecule has 0 saturated heterocycles. The van der Waals surface area contributed by atoms with E-state index in [9.17, 15) is 21.6 Å². The Labute approximate surface area is 172 Å². The first-order valence-electron chi connectivity index (χ1n) is 9.67. The summed E-state index contributed by atoms with van der Waals surface area (Å²) in [6.07, 6.45) is 1.05. The van der Waals surface area contributed by atoms with Crippen molar-refractivity contribution in [2.45, 2.75) is 29.6 Å². The van der Waals surface area contributed by atoms with Gasteiger partial charge in [-0.1, -0.05) is 11.6 Å². The van der Waals surface area contributed by atoms with Crippen LogP contribution in [0.4, 0.5) is 18.9 Å². The van der Waals surface area contributed by atoms with Gasteiger partial charge in [-0.25, -0.2) is 31.1 Å². The van der Waals surface area contributed by atoms with E-state index in [-0.39, 0.29) is 10.4 Å². The molecule has 3 aromatic heterocycles. The van der Waals surface area contributed by atoms with Gasteiger partial charge in [0, 0.05) is 31.0 Å². The van der Waals surface area contributed by atoms with Crippen LogP contribution in [0.3, 0.4) is 0 Å². The lowest BCUT2D eigenvalue weighted by molar-refractivity contribution is -0.0883. The van der Waals surface area contributed by atoms with Crippen molar-refractivity contribution in [1.82, 2.24) is 14.6 Å². The topological polar surface area (TPSA) is 85.6 Å². The van der Waals surface area contributed by atoms with Crippen molar-refractivity contribution in [3.63, 3.8) is 0 Å². The van der Waals surface area contributed by atoms with Crippen LogP contribution in [-0.2, 0) is 10.0 Å². The summed E-state index contributed by atoms with van der Waals surface area (Å²) >= 11 is 5.85. The van der Waals surface area contributed by atoms with Gasteiger partial charge < -0.3 is 4.74 Å². The molecular weight excluding hydrogens is 433 g/mol. The maximum Gasteiger partial charge on any atom is 0.265 e. The second-order valence-corrected chi connectivity index (χ2v) is 8.65. The summed E-state index contributed by atoms with van der Waals surface area (Å²) in [6.45, 7) is 0. The Balaban J connectivity index is 1.73. The highest BCUT2D eigenvalue weighted by molar-refractivity contribution is 7.93. The molecule has 154 valence electrons. The van der Waals surface area contributed by atoms with E-state index in [4.69, 9.17) is 20.5 Å². The number of nitrogens with one attached hydrogen (secondary N) is 1. The van der Waals surface area contributed by atoms with Crippen molar-refractivity contribution in [3.8, 4) is 5.88 Å². The fourth-order valence-electron chi connectivity index (χ4n) is 3.12. The first kappa shape index (κ1) is 16.3. The average molecular weight is 450 g/mol. The lowest BCUT2D eigenvalue weighted by Crippen LogP contribution is -2.34. The molecule has 1 N–H and O–H groups in total. The SMILES string of the molecule is [2H]C([2H])([2H])Oc1nc(C2CC(F)(F)C2)c(F)cc1NS(=O)(=O)c1cnn2cc(Cl)ccc12. The predicted octanol–water partition coefficient (Wildman–Crippen LogP) is 3.84. The number of anilines is 1. The van der Waals surface area contributed by atoms with Crippen LogP contribution in [0.1, 0.15) is 28.6 Å². The molecule has 0 amide bonds. The van der Waals surface area contributed by atoms with E-state index >= 15 is 0 Å². The highest BCUT2D eigenvalue weighted by Gasteiger charge is 2.47. The fourth-order valence-corrected chi connectivity index (χ4v) is 4.44. The van der Waals surface area contributed by atoms with Gasteiger partial charge >= 0.3 is 0 Å². The molecule has 3 heterocycles. The zero-order valence-electron chi connectivity index (χ0n) is 17.4. The smallest absolute Gasteiger partial charge is 0.265 e. The second-order valence-electron chi connectivity index (χ2n) is 6.56. The molecule has 4 rings (SSSR count). The number of ether oxygens (including phenoxy) is 1. The van der Waals surface area contributed by atoms with Gasteiger partial charge in [0.15, 0.2) is 0 Å². The summed E-state index contributed by atoms with van der Waals surface area (Å²) in [7, 11) is -7.48. The number of fused-ring (bicyclic) bond motifs is 1. The Kier molecular flexibility index (Phi) is 3.80. The number of methoxy groups -OCH3 is 1. The normalized spacial score (nSPS) is 18.6. The van der Waals surface area contributed by atoms with E-state index in [1.54, 1.807) is 0 Å². The molecular formula is C17H14ClF3N4O3S. The van der Waals surface area contributed by atoms with Crippen LogP contribution in [0.5, 0.6) is 5.88 Å². The average Bonchev–Trinajstić information content (AvgIpc) is 3.04. The molecule has 3 aromatic rings. The molecule has 0 spiro atoms. The molecule has 29 heavy (non-hydrogen) atoms. The number of nitrogens with zero attached hydrogens (tertiary/aromatic N) is 3. The summed E-state index contributed by atoms with van der Waals surface area (Å²) in [5.74, 6) is -5.78. The number of aromatic nitrogens is 3. The van der Waals surface area contributed by atoms with Crippen LogP contribution in [0.2, 0.25) is 5.02 Å². The molecule has 0 atom stereocenters. The molecule has 0 aromatic carbocycles. The fraction of sp³-hybridized carbons (Fsp3) is 0.294. The first-order chi connectivity index (χ1) is 14.7. The van der Waals surface area contributed by atoms with E-state index in [2.05, 4.69) is 10.1 Å². The van der Waals surface area contributed by atoms with Crippen LogP contribution < -0.4 is 9.46 Å². The highest BCUT2D eigenvalue weighted by atomic mass is 35.5. The Morgan fingerprint density at radius 3 is 2.86 bits per heavy atom. The number of hydrogen-bond acceptors (Lipinski definition) is 5. The Morgan fingerprint density at radius 1 is 1.41 bits per heavy atom. The van der Waals surface area contributed by atoms with Gasteiger partial charge in [-0.05, 0) is 12.1 Å². The second kappa shape index (κ2) is 6.77. The molecule has 0 aliphatic heterocycles. The third-order valence-corrected chi connectivity index (χ3v) is 6.13. The van der Waals surface area contributed by atoms with Crippen molar-refractivity contribution >= 4 is 32.8 Å². The Morgan fingerprint density at radius 2 is 2.17 bits per heavy atom. The molecule has 1 aliphatic rings. The van der Waals surface area contributed by atoms with Crippen molar-refractivity contribution in [3.05, 3.63) is 47.1 Å². The zero-order valence-corrected chi connectivity index (χ0v) is 15.9. The molecule has 1 aliphatic carbocycles. The molecule has 0 radical (unpaired) electrons. The third kappa shape index (κ3) is 3.60. The van der Waals surface area contributed by atoms with Crippen molar-refractivity contribution < 1.29 is 30.4 Å². The van der Waals surface area contributed by atoms with Crippen molar-refractivity contribution in [2.24, 2.45) is 0 Å². The van der Waals surface area contributed by atoms with E-state index in [0.29, 0.717) is 11.1 Å². The third-order valence-electron chi connectivity index (χ3n) is 4.52. The van der Waals surface area contributed by atoms with Gasteiger partial charge in [0.25, 0.3) is 10.0 Å². The van der Waals surface area contributed by atoms with Gasteiger partial charge in [-0.2, -0.15) is 5.10 Å². The van der Waals surface area contributed by atoms with Crippen molar-refractivity contribution in [1.29, 1.82) is 0 Å². The van der Waals surface area contributed by atoms with Gasteiger partial charge in [-0.15, -0.1) is 0 Å². The number of pyridine rings is 2. The standard InChI is InChI=1S/C17H14ClF3N4O3S/c1-28-16-12(4-11(19)15(23-16)9-5-17(20,21)6-9)24-29(26,27)14-7-22-25-8-10(18)2-3-13(14)25/h2-4,7-9,24H,5-6H2,1H3/i1D3. The molecule has 12 heteroatoms. The maximum absolute atomic E-state index is 14.6. The van der Waals surface area contributed by atoms with Gasteiger partial charge in [-0.3, -0.25) is 4.72 Å². The monoisotopic (exact) mass is 449 g/mol. The highest BCUT2D eigenvalue weighted by Crippen LogP contribution is 2.49. The van der Waals surface area contributed by atoms with Crippen LogP contribution in [0.15, 0.2) is 35.5 Å². The van der Waals surface area contributed by atoms with Crippen LogP contribution in [0, 0.1) is 5.82 Å². The number of sulfonamides is 1. The summed E-state index contributed by atoms with van der Waals surface area (Å²) in [5.41, 5.74) is -0.896. The van der Waals surface area contributed by atoms with Crippen LogP contribution >= 0.6 is 11.6 Å². The zero-order chi connectivity index (χ0) is 23.5. The molecule has 0 unspecified atom stereocenters. The minimum absolute atomic E-state index is 0.141. The largest absolute Gasteiger partial charge is 0.479 e. The Bertz CT molecular complexity index is 1310. The summed E-state index contributed by atoms with van der Waals surface area (Å²) in [6, 6.07) is 3.48. The maximum atomic E-state index is 14.6. The van der Waals surface area contributed by atoms with Crippen LogP contribution in [0.25, 0.3) is 5.52 Å². The lowest BCUT2D eigenvalue weighted by atomic mass is 9.79. The molecule has 7 nitrogen and oxygen atoms in total. The summed E-state index contributed by atoms with van der Waals surface area (Å²) < 4.78 is 96.7. The first-order valence-corrected chi connectivity index (χ1v) is 10.0. The molecule has 1 fully saturated rings. The van der Waals surface area contributed by atoms with E-state index in [1.807, 2.05) is 4.72 Å². The van der Waals surface area contributed by atoms with E-state index < -0.39 is 64.8 Å². The molecule has 0 bridgehead atoms. The quantitative estimate of drug-likeness (QED) is 0.639. The van der Waals surface area contributed by atoms with Crippen molar-refractivity contribution in [2.75, 3.05) is 11.8 Å². The van der Waals surface area contributed by atoms with E-state index in [1.165, 1.54) is 22.8 Å². The minimum Gasteiger partial charge on any atom is -0.479 e. The number of rotatable bonds is 5. The molecule has 1 saturated carbocycles. The Hall–Kier alpha value is -2.53. The lowest BCUT2D eigenvalue weighted by Gasteiger charge is -2.34.